The molecule has 2 fully saturated rings. The molecule has 1 N–H and O–H groups in total. The maximum absolute atomic E-state index is 12.5. The van der Waals surface area contributed by atoms with Crippen molar-refractivity contribution in [3.05, 3.63) is 12.2 Å². The number of aromatic nitrogens is 2. The Morgan fingerprint density at radius 2 is 2.05 bits per heavy atom. The molecule has 0 radical (unpaired) electrons. The van der Waals surface area contributed by atoms with Gasteiger partial charge in [0.05, 0.1) is 6.54 Å². The number of barbiturate groups is 1. The van der Waals surface area contributed by atoms with Gasteiger partial charge in [-0.3, -0.25) is 19.8 Å². The van der Waals surface area contributed by atoms with E-state index in [1.165, 1.54) is 0 Å². The predicted molar refractivity (Wildman–Crippen MR) is 59.3 cm³/mol. The molecule has 1 aliphatic heterocycles. The van der Waals surface area contributed by atoms with Gasteiger partial charge in [0.2, 0.25) is 18.2 Å². The number of carbonyl (C=O) groups is 3. The van der Waals surface area contributed by atoms with Gasteiger partial charge in [-0.2, -0.15) is 4.98 Å². The van der Waals surface area contributed by atoms with E-state index in [0.717, 1.165) is 24.1 Å². The molecule has 2 aliphatic rings. The minimum absolute atomic E-state index is 0.0871. The molecule has 4 amide bonds. The lowest BCUT2D eigenvalue weighted by atomic mass is 9.82. The van der Waals surface area contributed by atoms with Crippen LogP contribution in [-0.2, 0) is 16.1 Å². The van der Waals surface area contributed by atoms with Gasteiger partial charge in [0.15, 0.2) is 5.82 Å². The summed E-state index contributed by atoms with van der Waals surface area (Å²) in [4.78, 5) is 40.9. The summed E-state index contributed by atoms with van der Waals surface area (Å²) in [5.41, 5.74) is -1.09. The highest BCUT2D eigenvalue weighted by Crippen LogP contribution is 2.41. The highest BCUT2D eigenvalue weighted by Gasteiger charge is 2.55. The van der Waals surface area contributed by atoms with Gasteiger partial charge in [-0.05, 0) is 12.8 Å². The summed E-state index contributed by atoms with van der Waals surface area (Å²) in [6.45, 7) is -0.0871. The molecule has 100 valence electrons. The Kier molecular flexibility index (Phi) is 2.58. The second-order valence-corrected chi connectivity index (χ2v) is 4.79. The van der Waals surface area contributed by atoms with E-state index < -0.39 is 23.3 Å². The Balaban J connectivity index is 1.89. The van der Waals surface area contributed by atoms with Gasteiger partial charge in [-0.25, -0.2) is 4.79 Å². The number of hydrogen-bond donors (Lipinski definition) is 1. The molecule has 1 saturated heterocycles. The van der Waals surface area contributed by atoms with Crippen LogP contribution in [-0.4, -0.2) is 32.9 Å². The lowest BCUT2D eigenvalue weighted by molar-refractivity contribution is -0.151. The van der Waals surface area contributed by atoms with E-state index in [1.54, 1.807) is 0 Å². The topological polar surface area (TPSA) is 105 Å². The minimum atomic E-state index is -1.09. The van der Waals surface area contributed by atoms with Gasteiger partial charge < -0.3 is 4.52 Å². The number of carbonyl (C=O) groups excluding carboxylic acids is 3. The molecular weight excluding hydrogens is 252 g/mol. The summed E-state index contributed by atoms with van der Waals surface area (Å²) in [5, 5.41) is 5.81. The zero-order valence-corrected chi connectivity index (χ0v) is 10.1. The maximum Gasteiger partial charge on any atom is 0.331 e. The first-order chi connectivity index (χ1) is 9.13. The summed E-state index contributed by atoms with van der Waals surface area (Å²) in [7, 11) is 0. The Morgan fingerprint density at radius 1 is 1.32 bits per heavy atom. The summed E-state index contributed by atoms with van der Waals surface area (Å²) >= 11 is 0. The van der Waals surface area contributed by atoms with Crippen LogP contribution >= 0.6 is 0 Å². The third-order valence-corrected chi connectivity index (χ3v) is 3.72. The van der Waals surface area contributed by atoms with Crippen LogP contribution in [0.25, 0.3) is 0 Å². The molecule has 1 aromatic heterocycles. The first-order valence-electron chi connectivity index (χ1n) is 6.06. The van der Waals surface area contributed by atoms with Crippen molar-refractivity contribution in [2.45, 2.75) is 32.2 Å². The lowest BCUT2D eigenvalue weighted by Crippen LogP contribution is -2.62. The molecule has 0 bridgehead atoms. The van der Waals surface area contributed by atoms with Crippen LogP contribution in [0.1, 0.15) is 31.5 Å². The summed E-state index contributed by atoms with van der Waals surface area (Å²) in [6, 6.07) is -0.725. The molecule has 8 nitrogen and oxygen atoms in total. The smallest absolute Gasteiger partial charge is 0.331 e. The average molecular weight is 264 g/mol. The normalized spacial score (nSPS) is 22.1. The first kappa shape index (κ1) is 11.8. The Labute approximate surface area is 108 Å². The Hall–Kier alpha value is -2.25. The summed E-state index contributed by atoms with van der Waals surface area (Å²) < 4.78 is 4.57. The fourth-order valence-corrected chi connectivity index (χ4v) is 2.70. The van der Waals surface area contributed by atoms with Gasteiger partial charge in [0.25, 0.3) is 0 Å². The van der Waals surface area contributed by atoms with Gasteiger partial charge >= 0.3 is 6.03 Å². The predicted octanol–water partition coefficient (Wildman–Crippen LogP) is 0.208. The van der Waals surface area contributed by atoms with Crippen LogP contribution in [0.2, 0.25) is 0 Å². The van der Waals surface area contributed by atoms with Crippen LogP contribution in [0.5, 0.6) is 0 Å². The standard InChI is InChI=1S/C11H12N4O4/c16-8-11(3-1-2-4-11)9(17)15(10(18)13-8)5-7-12-6-19-14-7/h6H,1-5H2,(H,13,16,18). The second kappa shape index (κ2) is 4.15. The average Bonchev–Trinajstić information content (AvgIpc) is 3.05. The number of hydrogen-bond acceptors (Lipinski definition) is 6. The quantitative estimate of drug-likeness (QED) is 0.765. The number of nitrogens with one attached hydrogen (secondary N) is 1. The maximum atomic E-state index is 12.5. The van der Waals surface area contributed by atoms with Gasteiger partial charge in [-0.1, -0.05) is 18.0 Å². The molecule has 1 spiro atoms. The molecule has 1 aliphatic carbocycles. The van der Waals surface area contributed by atoms with Gasteiger partial charge in [0.1, 0.15) is 5.41 Å². The minimum Gasteiger partial charge on any atom is -0.343 e. The molecule has 19 heavy (non-hydrogen) atoms. The van der Waals surface area contributed by atoms with E-state index >= 15 is 0 Å². The van der Waals surface area contributed by atoms with Crippen LogP contribution in [0.15, 0.2) is 10.9 Å². The van der Waals surface area contributed by atoms with E-state index in [4.69, 9.17) is 0 Å². The zero-order chi connectivity index (χ0) is 13.5. The van der Waals surface area contributed by atoms with E-state index in [9.17, 15) is 14.4 Å². The number of imide groups is 2. The van der Waals surface area contributed by atoms with Gasteiger partial charge in [-0.15, -0.1) is 0 Å². The molecule has 0 aromatic carbocycles. The molecule has 1 saturated carbocycles. The van der Waals surface area contributed by atoms with Crippen molar-refractivity contribution in [2.24, 2.45) is 5.41 Å². The highest BCUT2D eigenvalue weighted by molar-refractivity contribution is 6.19. The van der Waals surface area contributed by atoms with Crippen LogP contribution in [0.3, 0.4) is 0 Å². The van der Waals surface area contributed by atoms with Gasteiger partial charge in [0, 0.05) is 0 Å². The number of nitrogens with zero attached hydrogens (tertiary/aromatic N) is 3. The summed E-state index contributed by atoms with van der Waals surface area (Å²) in [5.74, 6) is -0.709. The Bertz CT molecular complexity index is 533. The van der Waals surface area contributed by atoms with E-state index in [2.05, 4.69) is 20.0 Å². The van der Waals surface area contributed by atoms with Crippen molar-refractivity contribution in [1.29, 1.82) is 0 Å². The van der Waals surface area contributed by atoms with E-state index in [1.807, 2.05) is 0 Å². The first-order valence-corrected chi connectivity index (χ1v) is 6.06. The van der Waals surface area contributed by atoms with Crippen molar-refractivity contribution in [2.75, 3.05) is 0 Å². The molecule has 8 heteroatoms. The van der Waals surface area contributed by atoms with E-state index in [0.29, 0.717) is 12.8 Å². The van der Waals surface area contributed by atoms with Crippen LogP contribution < -0.4 is 5.32 Å². The fourth-order valence-electron chi connectivity index (χ4n) is 2.70. The number of rotatable bonds is 2. The van der Waals surface area contributed by atoms with Crippen LogP contribution in [0, 0.1) is 5.41 Å². The van der Waals surface area contributed by atoms with Crippen molar-refractivity contribution >= 4 is 17.8 Å². The monoisotopic (exact) mass is 264 g/mol. The van der Waals surface area contributed by atoms with Crippen LogP contribution in [0.4, 0.5) is 4.79 Å². The number of urea groups is 1. The molecule has 1 aromatic rings. The van der Waals surface area contributed by atoms with Crippen molar-refractivity contribution in [3.8, 4) is 0 Å². The SMILES string of the molecule is O=C1NC(=O)C2(CCCC2)C(=O)N1Cc1ncon1. The molecule has 2 heterocycles. The number of amides is 4. The van der Waals surface area contributed by atoms with Crippen molar-refractivity contribution in [1.82, 2.24) is 20.4 Å². The second-order valence-electron chi connectivity index (χ2n) is 4.79. The van der Waals surface area contributed by atoms with E-state index in [-0.39, 0.29) is 12.4 Å². The molecule has 0 atom stereocenters. The summed E-state index contributed by atoms with van der Waals surface area (Å²) in [6.07, 6.45) is 3.70. The molecule has 0 unspecified atom stereocenters. The van der Waals surface area contributed by atoms with Crippen molar-refractivity contribution in [3.63, 3.8) is 0 Å². The fraction of sp³-hybridized carbons (Fsp3) is 0.545. The Morgan fingerprint density at radius 3 is 2.68 bits per heavy atom. The largest absolute Gasteiger partial charge is 0.343 e. The lowest BCUT2D eigenvalue weighted by Gasteiger charge is -2.36. The molecule has 3 rings (SSSR count). The third kappa shape index (κ3) is 1.71. The third-order valence-electron chi connectivity index (χ3n) is 3.72. The molecular formula is C11H12N4O4. The highest BCUT2D eigenvalue weighted by atomic mass is 16.5. The zero-order valence-electron chi connectivity index (χ0n) is 10.1. The van der Waals surface area contributed by atoms with Crippen molar-refractivity contribution < 1.29 is 18.9 Å².